The van der Waals surface area contributed by atoms with E-state index in [1.54, 1.807) is 38.2 Å². The normalized spacial score (nSPS) is 14.7. The molecule has 0 aliphatic carbocycles. The zero-order valence-corrected chi connectivity index (χ0v) is 12.1. The van der Waals surface area contributed by atoms with Crippen LogP contribution in [0, 0.1) is 0 Å². The van der Waals surface area contributed by atoms with Crippen molar-refractivity contribution < 1.29 is 9.84 Å². The van der Waals surface area contributed by atoms with E-state index in [0.29, 0.717) is 6.73 Å². The molecule has 0 saturated carbocycles. The molecule has 0 fully saturated rings. The Kier molecular flexibility index (Phi) is 3.60. The van der Waals surface area contributed by atoms with Gasteiger partial charge in [-0.2, -0.15) is 0 Å². The topological polar surface area (TPSA) is 58.5 Å². The van der Waals surface area contributed by atoms with Crippen LogP contribution in [0.3, 0.4) is 0 Å². The van der Waals surface area contributed by atoms with Crippen molar-refractivity contribution in [1.82, 2.24) is 9.97 Å². The Bertz CT molecular complexity index is 634. The number of benzene rings is 1. The van der Waals surface area contributed by atoms with Gasteiger partial charge in [-0.3, -0.25) is 4.90 Å². The predicted octanol–water partition coefficient (Wildman–Crippen LogP) is 2.74. The molecule has 0 spiro atoms. The first-order chi connectivity index (χ1) is 9.70. The molecule has 5 nitrogen and oxygen atoms in total. The lowest BCUT2D eigenvalue weighted by Crippen LogP contribution is -2.24. The zero-order chi connectivity index (χ0) is 14.1. The average Bonchev–Trinajstić information content (AvgIpc) is 2.46. The summed E-state index contributed by atoms with van der Waals surface area (Å²) in [7, 11) is 1.65. The standard InChI is InChI=1S/C14H15N3O2S/c1-9(18)10-3-4-12-11(7-10)17(8-19-2)13-14(20-12)16-6-5-15-13/h3-7,9,18H,8H2,1-2H3. The molecule has 0 radical (unpaired) electrons. The van der Waals surface area contributed by atoms with E-state index in [0.717, 1.165) is 27.0 Å². The molecule has 0 saturated heterocycles. The molecule has 3 rings (SSSR count). The van der Waals surface area contributed by atoms with E-state index in [1.807, 2.05) is 23.1 Å². The van der Waals surface area contributed by atoms with Crippen molar-refractivity contribution in [2.24, 2.45) is 0 Å². The lowest BCUT2D eigenvalue weighted by atomic mass is 10.1. The Hall–Kier alpha value is -1.63. The molecule has 1 aliphatic rings. The van der Waals surface area contributed by atoms with Crippen LogP contribution in [-0.4, -0.2) is 28.9 Å². The molecule has 0 bridgehead atoms. The van der Waals surface area contributed by atoms with Gasteiger partial charge in [0, 0.05) is 24.4 Å². The Labute approximate surface area is 121 Å². The van der Waals surface area contributed by atoms with Crippen LogP contribution >= 0.6 is 11.8 Å². The maximum atomic E-state index is 9.75. The Morgan fingerprint density at radius 2 is 2.15 bits per heavy atom. The van der Waals surface area contributed by atoms with Crippen LogP contribution in [0.5, 0.6) is 0 Å². The first-order valence-corrected chi connectivity index (χ1v) is 7.09. The third-order valence-electron chi connectivity index (χ3n) is 3.12. The number of anilines is 2. The van der Waals surface area contributed by atoms with Crippen molar-refractivity contribution >= 4 is 23.3 Å². The molecule has 1 aromatic carbocycles. The second-order valence-corrected chi connectivity index (χ2v) is 5.57. The van der Waals surface area contributed by atoms with E-state index in [2.05, 4.69) is 9.97 Å². The van der Waals surface area contributed by atoms with Gasteiger partial charge in [-0.25, -0.2) is 9.97 Å². The van der Waals surface area contributed by atoms with Gasteiger partial charge in [-0.15, -0.1) is 0 Å². The molecule has 1 aliphatic heterocycles. The van der Waals surface area contributed by atoms with Crippen molar-refractivity contribution in [3.05, 3.63) is 36.2 Å². The van der Waals surface area contributed by atoms with Crippen LogP contribution in [0.1, 0.15) is 18.6 Å². The number of fused-ring (bicyclic) bond motifs is 2. The number of ether oxygens (including phenoxy) is 1. The fourth-order valence-corrected chi connectivity index (χ4v) is 3.13. The average molecular weight is 289 g/mol. The molecule has 1 aromatic heterocycles. The molecule has 0 amide bonds. The minimum Gasteiger partial charge on any atom is -0.389 e. The van der Waals surface area contributed by atoms with Crippen molar-refractivity contribution in [3.8, 4) is 0 Å². The summed E-state index contributed by atoms with van der Waals surface area (Å²) in [6.07, 6.45) is 2.86. The van der Waals surface area contributed by atoms with Gasteiger partial charge in [0.2, 0.25) is 0 Å². The third kappa shape index (κ3) is 2.26. The number of aliphatic hydroxyl groups is 1. The van der Waals surface area contributed by atoms with Gasteiger partial charge >= 0.3 is 0 Å². The van der Waals surface area contributed by atoms with Gasteiger partial charge in [-0.1, -0.05) is 17.8 Å². The number of hydrogen-bond acceptors (Lipinski definition) is 6. The fraction of sp³-hybridized carbons (Fsp3) is 0.286. The van der Waals surface area contributed by atoms with E-state index >= 15 is 0 Å². The van der Waals surface area contributed by atoms with Crippen molar-refractivity contribution in [2.75, 3.05) is 18.7 Å². The quantitative estimate of drug-likeness (QED) is 0.937. The van der Waals surface area contributed by atoms with E-state index in [1.165, 1.54) is 0 Å². The van der Waals surface area contributed by atoms with Crippen LogP contribution in [0.4, 0.5) is 11.5 Å². The third-order valence-corrected chi connectivity index (χ3v) is 4.17. The lowest BCUT2D eigenvalue weighted by Gasteiger charge is -2.30. The first kappa shape index (κ1) is 13.4. The Morgan fingerprint density at radius 3 is 2.90 bits per heavy atom. The molecule has 2 aromatic rings. The molecular formula is C14H15N3O2S. The fourth-order valence-electron chi connectivity index (χ4n) is 2.14. The molecular weight excluding hydrogens is 274 g/mol. The summed E-state index contributed by atoms with van der Waals surface area (Å²) in [5.41, 5.74) is 1.86. The molecule has 1 N–H and O–H groups in total. The SMILES string of the molecule is COCN1c2cc(C(C)O)ccc2Sc2nccnc21. The molecule has 6 heteroatoms. The predicted molar refractivity (Wildman–Crippen MR) is 77.2 cm³/mol. The minimum atomic E-state index is -0.502. The second-order valence-electron chi connectivity index (χ2n) is 4.54. The summed E-state index contributed by atoms with van der Waals surface area (Å²) in [5, 5.41) is 10.6. The van der Waals surface area contributed by atoms with E-state index in [-0.39, 0.29) is 0 Å². The van der Waals surface area contributed by atoms with Gasteiger partial charge in [0.15, 0.2) is 5.82 Å². The maximum Gasteiger partial charge on any atom is 0.168 e. The maximum absolute atomic E-state index is 9.75. The van der Waals surface area contributed by atoms with Crippen LogP contribution in [-0.2, 0) is 4.74 Å². The van der Waals surface area contributed by atoms with Crippen LogP contribution < -0.4 is 4.90 Å². The number of hydrogen-bond donors (Lipinski definition) is 1. The minimum absolute atomic E-state index is 0.391. The van der Waals surface area contributed by atoms with Gasteiger partial charge in [0.1, 0.15) is 11.8 Å². The summed E-state index contributed by atoms with van der Waals surface area (Å²) in [5.74, 6) is 0.787. The Balaban J connectivity index is 2.11. The summed E-state index contributed by atoms with van der Waals surface area (Å²) >= 11 is 1.58. The first-order valence-electron chi connectivity index (χ1n) is 6.28. The summed E-state index contributed by atoms with van der Waals surface area (Å²) in [6, 6.07) is 5.91. The molecule has 2 heterocycles. The monoisotopic (exact) mass is 289 g/mol. The second kappa shape index (κ2) is 5.40. The molecule has 1 atom stereocenters. The van der Waals surface area contributed by atoms with Crippen LogP contribution in [0.2, 0.25) is 0 Å². The van der Waals surface area contributed by atoms with Gasteiger partial charge < -0.3 is 9.84 Å². The summed E-state index contributed by atoms with van der Waals surface area (Å²) in [4.78, 5) is 11.8. The smallest absolute Gasteiger partial charge is 0.168 e. The highest BCUT2D eigenvalue weighted by Crippen LogP contribution is 2.46. The highest BCUT2D eigenvalue weighted by Gasteiger charge is 2.26. The van der Waals surface area contributed by atoms with E-state index in [4.69, 9.17) is 4.74 Å². The molecule has 104 valence electrons. The van der Waals surface area contributed by atoms with Crippen molar-refractivity contribution in [1.29, 1.82) is 0 Å². The summed E-state index contributed by atoms with van der Waals surface area (Å²) < 4.78 is 5.28. The molecule has 20 heavy (non-hydrogen) atoms. The van der Waals surface area contributed by atoms with E-state index in [9.17, 15) is 5.11 Å². The van der Waals surface area contributed by atoms with Crippen molar-refractivity contribution in [2.45, 2.75) is 22.9 Å². The highest BCUT2D eigenvalue weighted by molar-refractivity contribution is 7.99. The van der Waals surface area contributed by atoms with Gasteiger partial charge in [-0.05, 0) is 24.6 Å². The van der Waals surface area contributed by atoms with Gasteiger partial charge in [0.05, 0.1) is 11.8 Å². The summed E-state index contributed by atoms with van der Waals surface area (Å²) in [6.45, 7) is 2.15. The number of rotatable bonds is 3. The Morgan fingerprint density at radius 1 is 1.35 bits per heavy atom. The van der Waals surface area contributed by atoms with Crippen LogP contribution in [0.25, 0.3) is 0 Å². The number of aromatic nitrogens is 2. The van der Waals surface area contributed by atoms with Crippen molar-refractivity contribution in [3.63, 3.8) is 0 Å². The number of nitrogens with zero attached hydrogens (tertiary/aromatic N) is 3. The molecule has 1 unspecified atom stereocenters. The number of methoxy groups -OCH3 is 1. The number of aliphatic hydroxyl groups excluding tert-OH is 1. The van der Waals surface area contributed by atoms with Crippen LogP contribution in [0.15, 0.2) is 40.5 Å². The van der Waals surface area contributed by atoms with Gasteiger partial charge in [0.25, 0.3) is 0 Å². The highest BCUT2D eigenvalue weighted by atomic mass is 32.2. The largest absolute Gasteiger partial charge is 0.389 e. The van der Waals surface area contributed by atoms with E-state index < -0.39 is 6.10 Å². The lowest BCUT2D eigenvalue weighted by molar-refractivity contribution is 0.198. The zero-order valence-electron chi connectivity index (χ0n) is 11.3.